The zero-order chi connectivity index (χ0) is 16.1. The highest BCUT2D eigenvalue weighted by Gasteiger charge is 2.32. The quantitative estimate of drug-likeness (QED) is 0.593. The van der Waals surface area contributed by atoms with Gasteiger partial charge in [-0.25, -0.2) is 0 Å². The molecule has 6 nitrogen and oxygen atoms in total. The highest BCUT2D eigenvalue weighted by Crippen LogP contribution is 2.34. The summed E-state index contributed by atoms with van der Waals surface area (Å²) in [6.07, 6.45) is 2.59. The first-order valence-electron chi connectivity index (χ1n) is 7.50. The Morgan fingerprint density at radius 1 is 1.32 bits per heavy atom. The van der Waals surface area contributed by atoms with Crippen molar-refractivity contribution in [3.8, 4) is 11.5 Å². The molecule has 6 heteroatoms. The van der Waals surface area contributed by atoms with Crippen molar-refractivity contribution in [2.24, 2.45) is 16.6 Å². The SMILES string of the molecule is COc1ccc(NC(N)=NCC(C2CC2)N(C)C)cc1OC. The van der Waals surface area contributed by atoms with Gasteiger partial charge < -0.3 is 25.4 Å². The number of rotatable bonds is 7. The molecule has 1 aliphatic rings. The van der Waals surface area contributed by atoms with Crippen LogP contribution in [0.25, 0.3) is 0 Å². The molecule has 1 aromatic rings. The van der Waals surface area contributed by atoms with Gasteiger partial charge in [-0.2, -0.15) is 0 Å². The Morgan fingerprint density at radius 3 is 2.55 bits per heavy atom. The van der Waals surface area contributed by atoms with Crippen molar-refractivity contribution >= 4 is 11.6 Å². The monoisotopic (exact) mass is 306 g/mol. The van der Waals surface area contributed by atoms with E-state index in [1.54, 1.807) is 14.2 Å². The molecule has 122 valence electrons. The molecule has 0 aromatic heterocycles. The second-order valence-corrected chi connectivity index (χ2v) is 5.79. The second-order valence-electron chi connectivity index (χ2n) is 5.79. The van der Waals surface area contributed by atoms with E-state index in [0.29, 0.717) is 30.0 Å². The van der Waals surface area contributed by atoms with E-state index >= 15 is 0 Å². The lowest BCUT2D eigenvalue weighted by Gasteiger charge is -2.22. The first-order chi connectivity index (χ1) is 10.5. The molecule has 22 heavy (non-hydrogen) atoms. The third kappa shape index (κ3) is 4.27. The molecule has 0 bridgehead atoms. The predicted molar refractivity (Wildman–Crippen MR) is 89.9 cm³/mol. The Balaban J connectivity index is 1.98. The summed E-state index contributed by atoms with van der Waals surface area (Å²) in [5, 5.41) is 3.10. The first kappa shape index (κ1) is 16.4. The fraction of sp³-hybridized carbons (Fsp3) is 0.562. The summed E-state index contributed by atoms with van der Waals surface area (Å²) in [5.41, 5.74) is 6.81. The topological polar surface area (TPSA) is 72.1 Å². The molecule has 0 amide bonds. The van der Waals surface area contributed by atoms with Crippen LogP contribution in [-0.4, -0.2) is 51.8 Å². The maximum Gasteiger partial charge on any atom is 0.193 e. The zero-order valence-electron chi connectivity index (χ0n) is 13.8. The fourth-order valence-corrected chi connectivity index (χ4v) is 2.51. The maximum absolute atomic E-state index is 5.99. The molecule has 2 rings (SSSR count). The average Bonchev–Trinajstić information content (AvgIpc) is 3.31. The number of anilines is 1. The van der Waals surface area contributed by atoms with Gasteiger partial charge in [0.1, 0.15) is 0 Å². The molecule has 1 aliphatic carbocycles. The van der Waals surface area contributed by atoms with E-state index in [1.165, 1.54) is 12.8 Å². The Hall–Kier alpha value is -1.95. The molecule has 0 spiro atoms. The van der Waals surface area contributed by atoms with Crippen molar-refractivity contribution in [2.45, 2.75) is 18.9 Å². The highest BCUT2D eigenvalue weighted by molar-refractivity contribution is 5.92. The molecule has 3 N–H and O–H groups in total. The van der Waals surface area contributed by atoms with E-state index < -0.39 is 0 Å². The number of hydrogen-bond acceptors (Lipinski definition) is 4. The minimum Gasteiger partial charge on any atom is -0.493 e. The minimum atomic E-state index is 0.416. The van der Waals surface area contributed by atoms with Gasteiger partial charge in [0.25, 0.3) is 0 Å². The summed E-state index contributed by atoms with van der Waals surface area (Å²) >= 11 is 0. The van der Waals surface area contributed by atoms with Gasteiger partial charge in [0, 0.05) is 17.8 Å². The number of guanidine groups is 1. The molecule has 1 atom stereocenters. The number of hydrogen-bond donors (Lipinski definition) is 2. The van der Waals surface area contributed by atoms with E-state index in [9.17, 15) is 0 Å². The summed E-state index contributed by atoms with van der Waals surface area (Å²) in [6, 6.07) is 6.02. The number of aliphatic imine (C=N–C) groups is 1. The Kier molecular flexibility index (Phi) is 5.49. The van der Waals surface area contributed by atoms with Crippen LogP contribution in [0.4, 0.5) is 5.69 Å². The molecule has 1 aromatic carbocycles. The van der Waals surface area contributed by atoms with Crippen LogP contribution in [0.1, 0.15) is 12.8 Å². The lowest BCUT2D eigenvalue weighted by molar-refractivity contribution is 0.271. The summed E-state index contributed by atoms with van der Waals surface area (Å²) in [4.78, 5) is 6.70. The van der Waals surface area contributed by atoms with E-state index in [-0.39, 0.29) is 0 Å². The molecule has 0 radical (unpaired) electrons. The van der Waals surface area contributed by atoms with Crippen LogP contribution >= 0.6 is 0 Å². The van der Waals surface area contributed by atoms with Crippen LogP contribution in [0, 0.1) is 5.92 Å². The van der Waals surface area contributed by atoms with Crippen LogP contribution in [-0.2, 0) is 0 Å². The van der Waals surface area contributed by atoms with E-state index in [1.807, 2.05) is 18.2 Å². The van der Waals surface area contributed by atoms with Crippen molar-refractivity contribution < 1.29 is 9.47 Å². The summed E-state index contributed by atoms with van der Waals surface area (Å²) in [6.45, 7) is 0.712. The molecule has 0 heterocycles. The zero-order valence-corrected chi connectivity index (χ0v) is 13.8. The largest absolute Gasteiger partial charge is 0.493 e. The summed E-state index contributed by atoms with van der Waals surface area (Å²) in [7, 11) is 7.41. The fourth-order valence-electron chi connectivity index (χ4n) is 2.51. The molecular formula is C16H26N4O2. The maximum atomic E-state index is 5.99. The number of ether oxygens (including phenoxy) is 2. The van der Waals surface area contributed by atoms with Crippen LogP contribution < -0.4 is 20.5 Å². The van der Waals surface area contributed by atoms with Gasteiger partial charge in [0.05, 0.1) is 20.8 Å². The van der Waals surface area contributed by atoms with Crippen LogP contribution in [0.3, 0.4) is 0 Å². The standard InChI is InChI=1S/C16H26N4O2/c1-20(2)13(11-5-6-11)10-18-16(17)19-12-7-8-14(21-3)15(9-12)22-4/h7-9,11,13H,5-6,10H2,1-4H3,(H3,17,18,19). The average molecular weight is 306 g/mol. The van der Waals surface area contributed by atoms with Gasteiger partial charge in [-0.3, -0.25) is 4.99 Å². The Labute approximate surface area is 132 Å². The van der Waals surface area contributed by atoms with E-state index in [2.05, 4.69) is 29.3 Å². The number of methoxy groups -OCH3 is 2. The molecule has 0 saturated heterocycles. The van der Waals surface area contributed by atoms with E-state index in [4.69, 9.17) is 15.2 Å². The van der Waals surface area contributed by atoms with Gasteiger partial charge in [0.15, 0.2) is 17.5 Å². The molecule has 0 aliphatic heterocycles. The highest BCUT2D eigenvalue weighted by atomic mass is 16.5. The third-order valence-corrected chi connectivity index (χ3v) is 3.93. The summed E-state index contributed by atoms with van der Waals surface area (Å²) in [5.74, 6) is 2.52. The van der Waals surface area contributed by atoms with Crippen molar-refractivity contribution in [1.29, 1.82) is 0 Å². The number of nitrogens with two attached hydrogens (primary N) is 1. The van der Waals surface area contributed by atoms with E-state index in [0.717, 1.165) is 11.6 Å². The van der Waals surface area contributed by atoms with Gasteiger partial charge in [-0.1, -0.05) is 0 Å². The van der Waals surface area contributed by atoms with Crippen LogP contribution in [0.5, 0.6) is 11.5 Å². The first-order valence-corrected chi connectivity index (χ1v) is 7.50. The smallest absolute Gasteiger partial charge is 0.193 e. The number of nitrogens with one attached hydrogen (secondary N) is 1. The van der Waals surface area contributed by atoms with Crippen LogP contribution in [0.2, 0.25) is 0 Å². The van der Waals surface area contributed by atoms with Crippen molar-refractivity contribution in [1.82, 2.24) is 4.90 Å². The normalized spacial score (nSPS) is 16.5. The Bertz CT molecular complexity index is 525. The third-order valence-electron chi connectivity index (χ3n) is 3.93. The number of likely N-dealkylation sites (N-methyl/N-ethyl adjacent to an activating group) is 1. The van der Waals surface area contributed by atoms with Gasteiger partial charge in [-0.05, 0) is 45.0 Å². The molecule has 1 saturated carbocycles. The molecule has 1 unspecified atom stereocenters. The van der Waals surface area contributed by atoms with Crippen molar-refractivity contribution in [3.05, 3.63) is 18.2 Å². The second kappa shape index (κ2) is 7.35. The predicted octanol–water partition coefficient (Wildman–Crippen LogP) is 1.77. The lowest BCUT2D eigenvalue weighted by Crippen LogP contribution is -2.34. The Morgan fingerprint density at radius 2 is 2.00 bits per heavy atom. The van der Waals surface area contributed by atoms with Crippen molar-refractivity contribution in [2.75, 3.05) is 40.2 Å². The number of nitrogens with zero attached hydrogens (tertiary/aromatic N) is 2. The molecule has 1 fully saturated rings. The van der Waals surface area contributed by atoms with Crippen LogP contribution in [0.15, 0.2) is 23.2 Å². The minimum absolute atomic E-state index is 0.416. The van der Waals surface area contributed by atoms with Gasteiger partial charge >= 0.3 is 0 Å². The van der Waals surface area contributed by atoms with Gasteiger partial charge in [0.2, 0.25) is 0 Å². The van der Waals surface area contributed by atoms with Gasteiger partial charge in [-0.15, -0.1) is 0 Å². The summed E-state index contributed by atoms with van der Waals surface area (Å²) < 4.78 is 10.5. The molecular weight excluding hydrogens is 280 g/mol. The number of benzene rings is 1. The van der Waals surface area contributed by atoms with Crippen molar-refractivity contribution in [3.63, 3.8) is 0 Å². The lowest BCUT2D eigenvalue weighted by atomic mass is 10.2.